The Labute approximate surface area is 95.3 Å². The maximum absolute atomic E-state index is 9.06. The van der Waals surface area contributed by atoms with Gasteiger partial charge in [-0.05, 0) is 23.8 Å². The lowest BCUT2D eigenvalue weighted by molar-refractivity contribution is 1.42. The molecule has 0 radical (unpaired) electrons. The molecule has 0 saturated heterocycles. The quantitative estimate of drug-likeness (QED) is 0.698. The molecule has 0 fully saturated rings. The molecule has 4 heteroatoms. The molecule has 1 aromatic heterocycles. The van der Waals surface area contributed by atoms with Crippen molar-refractivity contribution in [3.8, 4) is 6.07 Å². The summed E-state index contributed by atoms with van der Waals surface area (Å²) in [6.45, 7) is 0. The summed E-state index contributed by atoms with van der Waals surface area (Å²) >= 11 is 9.21. The van der Waals surface area contributed by atoms with Crippen LogP contribution in [0.4, 0.5) is 0 Å². The predicted molar refractivity (Wildman–Crippen MR) is 63.3 cm³/mol. The Morgan fingerprint density at radius 2 is 2.36 bits per heavy atom. The van der Waals surface area contributed by atoms with Crippen LogP contribution in [0.1, 0.15) is 5.56 Å². The summed E-state index contributed by atoms with van der Waals surface area (Å²) in [5.41, 5.74) is 0.743. The summed E-state index contributed by atoms with van der Waals surface area (Å²) in [4.78, 5) is 0.951. The fourth-order valence-corrected chi connectivity index (χ4v) is 3.29. The predicted octanol–water partition coefficient (Wildman–Crippen LogP) is 4.15. The summed E-state index contributed by atoms with van der Waals surface area (Å²) in [6, 6.07) is 6.05. The molecule has 0 aliphatic heterocycles. The lowest BCUT2D eigenvalue weighted by atomic mass is 10.2. The van der Waals surface area contributed by atoms with Crippen molar-refractivity contribution in [2.75, 3.05) is 6.26 Å². The molecule has 2 aromatic rings. The first kappa shape index (κ1) is 9.85. The second kappa shape index (κ2) is 3.82. The van der Waals surface area contributed by atoms with Crippen LogP contribution in [0.15, 0.2) is 22.4 Å². The average molecular weight is 240 g/mol. The molecule has 2 rings (SSSR count). The number of hydrogen-bond donors (Lipinski definition) is 0. The molecule has 1 nitrogen and oxygen atoms in total. The monoisotopic (exact) mass is 239 g/mol. The van der Waals surface area contributed by atoms with Crippen LogP contribution in [-0.2, 0) is 0 Å². The zero-order chi connectivity index (χ0) is 10.1. The van der Waals surface area contributed by atoms with E-state index in [0.29, 0.717) is 0 Å². The van der Waals surface area contributed by atoms with Gasteiger partial charge in [-0.3, -0.25) is 0 Å². The second-order valence-corrected chi connectivity index (χ2v) is 4.88. The molecule has 0 aliphatic carbocycles. The van der Waals surface area contributed by atoms with Gasteiger partial charge in [0.15, 0.2) is 0 Å². The smallest absolute Gasteiger partial charge is 0.102 e. The maximum atomic E-state index is 9.06. The normalized spacial score (nSPS) is 10.4. The van der Waals surface area contributed by atoms with E-state index < -0.39 is 0 Å². The van der Waals surface area contributed by atoms with Gasteiger partial charge in [-0.1, -0.05) is 11.6 Å². The summed E-state index contributed by atoms with van der Waals surface area (Å²) in [6.07, 6.45) is 1.95. The Balaban J connectivity index is 2.91. The van der Waals surface area contributed by atoms with Gasteiger partial charge in [0, 0.05) is 10.3 Å². The van der Waals surface area contributed by atoms with Crippen molar-refractivity contribution in [1.82, 2.24) is 0 Å². The van der Waals surface area contributed by atoms with E-state index in [9.17, 15) is 0 Å². The Hall–Kier alpha value is -0.690. The van der Waals surface area contributed by atoms with Crippen LogP contribution in [0.3, 0.4) is 0 Å². The third-order valence-electron chi connectivity index (χ3n) is 1.99. The van der Waals surface area contributed by atoms with E-state index in [1.54, 1.807) is 23.1 Å². The number of hydrogen-bond acceptors (Lipinski definition) is 3. The van der Waals surface area contributed by atoms with Gasteiger partial charge in [0.05, 0.1) is 15.3 Å². The molecule has 1 aromatic carbocycles. The van der Waals surface area contributed by atoms with E-state index in [1.165, 1.54) is 0 Å². The molecule has 0 unspecified atom stereocenters. The van der Waals surface area contributed by atoms with Crippen molar-refractivity contribution in [3.05, 3.63) is 28.1 Å². The zero-order valence-corrected chi connectivity index (χ0v) is 9.76. The first-order chi connectivity index (χ1) is 6.77. The number of rotatable bonds is 1. The first-order valence-corrected chi connectivity index (χ1v) is 6.40. The Morgan fingerprint density at radius 1 is 1.57 bits per heavy atom. The minimum Gasteiger partial charge on any atom is -0.192 e. The molecule has 14 heavy (non-hydrogen) atoms. The first-order valence-electron chi connectivity index (χ1n) is 3.91. The lowest BCUT2D eigenvalue weighted by Crippen LogP contribution is -1.81. The van der Waals surface area contributed by atoms with Crippen LogP contribution >= 0.6 is 34.7 Å². The standard InChI is InChI=1S/C10H6ClNS2/c1-13-9-4-8(11)6-2-3-14-10(6)7(9)5-12/h2-4H,1H3. The molecule has 0 spiro atoms. The van der Waals surface area contributed by atoms with Crippen LogP contribution < -0.4 is 0 Å². The van der Waals surface area contributed by atoms with Crippen LogP contribution in [0.5, 0.6) is 0 Å². The highest BCUT2D eigenvalue weighted by Gasteiger charge is 2.11. The van der Waals surface area contributed by atoms with Crippen LogP contribution in [0.2, 0.25) is 5.02 Å². The van der Waals surface area contributed by atoms with Gasteiger partial charge in [-0.25, -0.2) is 0 Å². The Kier molecular flexibility index (Phi) is 2.69. The van der Waals surface area contributed by atoms with Crippen LogP contribution in [0.25, 0.3) is 10.1 Å². The fourth-order valence-electron chi connectivity index (χ4n) is 1.33. The highest BCUT2D eigenvalue weighted by molar-refractivity contribution is 7.98. The second-order valence-electron chi connectivity index (χ2n) is 2.71. The number of thiophene rings is 1. The maximum Gasteiger partial charge on any atom is 0.102 e. The zero-order valence-electron chi connectivity index (χ0n) is 7.37. The molecule has 0 atom stereocenters. The summed E-state index contributed by atoms with van der Waals surface area (Å²) < 4.78 is 0.990. The van der Waals surface area contributed by atoms with E-state index in [-0.39, 0.29) is 0 Å². The topological polar surface area (TPSA) is 23.8 Å². The number of thioether (sulfide) groups is 1. The van der Waals surface area contributed by atoms with Gasteiger partial charge < -0.3 is 0 Å². The SMILES string of the molecule is CSc1cc(Cl)c2ccsc2c1C#N. The molecule has 0 bridgehead atoms. The van der Waals surface area contributed by atoms with Crippen LogP contribution in [0, 0.1) is 11.3 Å². The largest absolute Gasteiger partial charge is 0.192 e. The summed E-state index contributed by atoms with van der Waals surface area (Å²) in [5.74, 6) is 0. The number of fused-ring (bicyclic) bond motifs is 1. The van der Waals surface area contributed by atoms with E-state index in [1.807, 2.05) is 23.8 Å². The minimum atomic E-state index is 0.726. The number of nitriles is 1. The van der Waals surface area contributed by atoms with E-state index in [4.69, 9.17) is 16.9 Å². The number of nitrogens with zero attached hydrogens (tertiary/aromatic N) is 1. The van der Waals surface area contributed by atoms with E-state index in [2.05, 4.69) is 6.07 Å². The van der Waals surface area contributed by atoms with Crippen molar-refractivity contribution in [2.45, 2.75) is 4.90 Å². The highest BCUT2D eigenvalue weighted by Crippen LogP contribution is 2.36. The molecule has 0 N–H and O–H groups in total. The molecule has 70 valence electrons. The van der Waals surface area contributed by atoms with Crippen molar-refractivity contribution in [2.24, 2.45) is 0 Å². The Bertz CT molecular complexity index is 525. The lowest BCUT2D eigenvalue weighted by Gasteiger charge is -2.02. The van der Waals surface area contributed by atoms with E-state index in [0.717, 1.165) is 25.6 Å². The molecule has 0 amide bonds. The van der Waals surface area contributed by atoms with E-state index >= 15 is 0 Å². The summed E-state index contributed by atoms with van der Waals surface area (Å²) in [5, 5.41) is 12.7. The molecule has 0 aliphatic rings. The molecule has 0 saturated carbocycles. The van der Waals surface area contributed by atoms with Crippen molar-refractivity contribution in [3.63, 3.8) is 0 Å². The summed E-state index contributed by atoms with van der Waals surface area (Å²) in [7, 11) is 0. The van der Waals surface area contributed by atoms with Gasteiger partial charge in [-0.15, -0.1) is 23.1 Å². The number of halogens is 1. The molecular formula is C10H6ClNS2. The number of benzene rings is 1. The van der Waals surface area contributed by atoms with Crippen molar-refractivity contribution < 1.29 is 0 Å². The van der Waals surface area contributed by atoms with Gasteiger partial charge in [0.1, 0.15) is 6.07 Å². The average Bonchev–Trinajstić information content (AvgIpc) is 2.66. The van der Waals surface area contributed by atoms with Gasteiger partial charge >= 0.3 is 0 Å². The third kappa shape index (κ3) is 1.40. The van der Waals surface area contributed by atoms with Crippen molar-refractivity contribution in [1.29, 1.82) is 5.26 Å². The minimum absolute atomic E-state index is 0.726. The fraction of sp³-hybridized carbons (Fsp3) is 0.100. The molecular weight excluding hydrogens is 234 g/mol. The van der Waals surface area contributed by atoms with Gasteiger partial charge in [0.2, 0.25) is 0 Å². The highest BCUT2D eigenvalue weighted by atomic mass is 35.5. The van der Waals surface area contributed by atoms with Crippen LogP contribution in [-0.4, -0.2) is 6.26 Å². The van der Waals surface area contributed by atoms with Gasteiger partial charge in [-0.2, -0.15) is 5.26 Å². The van der Waals surface area contributed by atoms with Crippen molar-refractivity contribution >= 4 is 44.8 Å². The third-order valence-corrected chi connectivity index (χ3v) is 3.99. The molecule has 1 heterocycles. The van der Waals surface area contributed by atoms with Gasteiger partial charge in [0.25, 0.3) is 0 Å². The Morgan fingerprint density at radius 3 is 3.00 bits per heavy atom.